The molecule has 4 nitrogen and oxygen atoms in total. The van der Waals surface area contributed by atoms with Crippen LogP contribution in [0.3, 0.4) is 0 Å². The van der Waals surface area contributed by atoms with Crippen molar-refractivity contribution in [2.24, 2.45) is 0 Å². The smallest absolute Gasteiger partial charge is 0.350 e. The van der Waals surface area contributed by atoms with Gasteiger partial charge in [-0.2, -0.15) is 0 Å². The molecule has 2 rings (SSSR count). The van der Waals surface area contributed by atoms with Crippen LogP contribution in [0.5, 0.6) is 0 Å². The Kier molecular flexibility index (Phi) is 4.27. The van der Waals surface area contributed by atoms with Crippen molar-refractivity contribution in [1.29, 1.82) is 0 Å². The van der Waals surface area contributed by atoms with Gasteiger partial charge in [-0.1, -0.05) is 6.92 Å². The summed E-state index contributed by atoms with van der Waals surface area (Å²) in [5, 5.41) is 0.831. The Balaban J connectivity index is 2.36. The van der Waals surface area contributed by atoms with Crippen LogP contribution in [0.2, 0.25) is 0 Å². The minimum absolute atomic E-state index is 0.298. The number of nitrogens with zero attached hydrogens (tertiary/aromatic N) is 2. The molecule has 0 radical (unpaired) electrons. The molecule has 0 unspecified atom stereocenters. The standard InChI is InChI=1S/C14H16N2O2S/c1-4-11-8-10(6-7-15-11)13-16-9(3)12(19-13)14(17)18-5-2/h6-8H,4-5H2,1-3H3. The zero-order valence-electron chi connectivity index (χ0n) is 11.3. The molecule has 0 aliphatic heterocycles. The van der Waals surface area contributed by atoms with Crippen LogP contribution >= 0.6 is 11.3 Å². The first-order valence-corrected chi connectivity index (χ1v) is 7.07. The molecule has 0 N–H and O–H groups in total. The Hall–Kier alpha value is -1.75. The lowest BCUT2D eigenvalue weighted by Gasteiger charge is -1.99. The molecule has 0 amide bonds. The molecular weight excluding hydrogens is 260 g/mol. The van der Waals surface area contributed by atoms with Gasteiger partial charge in [0.15, 0.2) is 0 Å². The van der Waals surface area contributed by atoms with E-state index in [0.717, 1.165) is 22.7 Å². The summed E-state index contributed by atoms with van der Waals surface area (Å²) in [6, 6.07) is 3.92. The number of thiazole rings is 1. The number of rotatable bonds is 4. The molecule has 0 bridgehead atoms. The van der Waals surface area contributed by atoms with Crippen LogP contribution in [0.1, 0.15) is 34.9 Å². The Morgan fingerprint density at radius 2 is 2.21 bits per heavy atom. The van der Waals surface area contributed by atoms with E-state index in [2.05, 4.69) is 16.9 Å². The molecular formula is C14H16N2O2S. The fourth-order valence-electron chi connectivity index (χ4n) is 1.71. The molecule has 2 aromatic heterocycles. The first-order valence-electron chi connectivity index (χ1n) is 6.25. The highest BCUT2D eigenvalue weighted by Gasteiger charge is 2.17. The Labute approximate surface area is 116 Å². The summed E-state index contributed by atoms with van der Waals surface area (Å²) in [7, 11) is 0. The highest BCUT2D eigenvalue weighted by atomic mass is 32.1. The summed E-state index contributed by atoms with van der Waals surface area (Å²) in [6.45, 7) is 6.06. The van der Waals surface area contributed by atoms with Gasteiger partial charge in [-0.3, -0.25) is 4.98 Å². The van der Waals surface area contributed by atoms with Gasteiger partial charge in [0.2, 0.25) is 0 Å². The monoisotopic (exact) mass is 276 g/mol. The van der Waals surface area contributed by atoms with Crippen molar-refractivity contribution in [2.45, 2.75) is 27.2 Å². The molecule has 2 heterocycles. The average Bonchev–Trinajstić information content (AvgIpc) is 2.81. The maximum atomic E-state index is 11.8. The maximum Gasteiger partial charge on any atom is 0.350 e. The van der Waals surface area contributed by atoms with E-state index in [-0.39, 0.29) is 5.97 Å². The van der Waals surface area contributed by atoms with E-state index < -0.39 is 0 Å². The second kappa shape index (κ2) is 5.93. The van der Waals surface area contributed by atoms with Gasteiger partial charge in [0.25, 0.3) is 0 Å². The molecule has 19 heavy (non-hydrogen) atoms. The van der Waals surface area contributed by atoms with Crippen molar-refractivity contribution in [3.8, 4) is 10.6 Å². The third kappa shape index (κ3) is 2.98. The van der Waals surface area contributed by atoms with Gasteiger partial charge in [-0.25, -0.2) is 9.78 Å². The molecule has 0 aromatic carbocycles. The van der Waals surface area contributed by atoms with Crippen LogP contribution in [0.15, 0.2) is 18.3 Å². The first kappa shape index (κ1) is 13.7. The molecule has 0 fully saturated rings. The summed E-state index contributed by atoms with van der Waals surface area (Å²) < 4.78 is 5.02. The Bertz CT molecular complexity index is 593. The number of aromatic nitrogens is 2. The SMILES string of the molecule is CCOC(=O)c1sc(-c2ccnc(CC)c2)nc1C. The lowest BCUT2D eigenvalue weighted by atomic mass is 10.2. The summed E-state index contributed by atoms with van der Waals surface area (Å²) >= 11 is 1.37. The number of pyridine rings is 1. The fraction of sp³-hybridized carbons (Fsp3) is 0.357. The number of aryl methyl sites for hydroxylation is 2. The molecule has 0 atom stereocenters. The van der Waals surface area contributed by atoms with Gasteiger partial charge in [-0.05, 0) is 32.4 Å². The molecule has 0 spiro atoms. The quantitative estimate of drug-likeness (QED) is 0.804. The van der Waals surface area contributed by atoms with Gasteiger partial charge in [0, 0.05) is 17.5 Å². The van der Waals surface area contributed by atoms with Crippen molar-refractivity contribution in [2.75, 3.05) is 6.61 Å². The molecule has 0 aliphatic rings. The van der Waals surface area contributed by atoms with Gasteiger partial charge >= 0.3 is 5.97 Å². The molecule has 0 saturated heterocycles. The molecule has 2 aromatic rings. The number of hydrogen-bond acceptors (Lipinski definition) is 5. The van der Waals surface area contributed by atoms with Crippen LogP contribution in [-0.2, 0) is 11.2 Å². The lowest BCUT2D eigenvalue weighted by Crippen LogP contribution is -2.03. The number of carbonyl (C=O) groups excluding carboxylic acids is 1. The molecule has 0 saturated carbocycles. The Morgan fingerprint density at radius 1 is 1.42 bits per heavy atom. The molecule has 5 heteroatoms. The van der Waals surface area contributed by atoms with Crippen molar-refractivity contribution in [3.05, 3.63) is 34.6 Å². The minimum atomic E-state index is -0.298. The van der Waals surface area contributed by atoms with Crippen molar-refractivity contribution < 1.29 is 9.53 Å². The van der Waals surface area contributed by atoms with Gasteiger partial charge in [0.05, 0.1) is 12.3 Å². The van der Waals surface area contributed by atoms with Gasteiger partial charge in [0.1, 0.15) is 9.88 Å². The fourth-order valence-corrected chi connectivity index (χ4v) is 2.67. The van der Waals surface area contributed by atoms with Gasteiger partial charge in [-0.15, -0.1) is 11.3 Å². The summed E-state index contributed by atoms with van der Waals surface area (Å²) in [5.74, 6) is -0.298. The van der Waals surface area contributed by atoms with E-state index in [0.29, 0.717) is 17.2 Å². The van der Waals surface area contributed by atoms with Crippen molar-refractivity contribution >= 4 is 17.3 Å². The summed E-state index contributed by atoms with van der Waals surface area (Å²) in [5.41, 5.74) is 2.73. The summed E-state index contributed by atoms with van der Waals surface area (Å²) in [6.07, 6.45) is 2.65. The van der Waals surface area contributed by atoms with E-state index in [1.54, 1.807) is 13.1 Å². The third-order valence-electron chi connectivity index (χ3n) is 2.68. The van der Waals surface area contributed by atoms with E-state index >= 15 is 0 Å². The Morgan fingerprint density at radius 3 is 2.89 bits per heavy atom. The van der Waals surface area contributed by atoms with E-state index in [4.69, 9.17) is 4.74 Å². The normalized spacial score (nSPS) is 10.5. The second-order valence-electron chi connectivity index (χ2n) is 4.04. The number of hydrogen-bond donors (Lipinski definition) is 0. The summed E-state index contributed by atoms with van der Waals surface area (Å²) in [4.78, 5) is 21.1. The zero-order chi connectivity index (χ0) is 13.8. The zero-order valence-corrected chi connectivity index (χ0v) is 12.1. The largest absolute Gasteiger partial charge is 0.462 e. The van der Waals surface area contributed by atoms with E-state index in [1.165, 1.54) is 11.3 Å². The number of carbonyl (C=O) groups is 1. The number of esters is 1. The third-order valence-corrected chi connectivity index (χ3v) is 3.87. The van der Waals surface area contributed by atoms with Crippen LogP contribution in [0, 0.1) is 6.92 Å². The van der Waals surface area contributed by atoms with Crippen molar-refractivity contribution in [3.63, 3.8) is 0 Å². The van der Waals surface area contributed by atoms with E-state index in [9.17, 15) is 4.79 Å². The lowest BCUT2D eigenvalue weighted by molar-refractivity contribution is 0.0531. The van der Waals surface area contributed by atoms with Crippen LogP contribution < -0.4 is 0 Å². The van der Waals surface area contributed by atoms with Crippen LogP contribution in [-0.4, -0.2) is 22.5 Å². The molecule has 100 valence electrons. The van der Waals surface area contributed by atoms with E-state index in [1.807, 2.05) is 19.1 Å². The average molecular weight is 276 g/mol. The minimum Gasteiger partial charge on any atom is -0.462 e. The van der Waals surface area contributed by atoms with Crippen molar-refractivity contribution in [1.82, 2.24) is 9.97 Å². The van der Waals surface area contributed by atoms with Gasteiger partial charge < -0.3 is 4.74 Å². The first-order chi connectivity index (χ1) is 9.15. The predicted octanol–water partition coefficient (Wildman–Crippen LogP) is 3.25. The topological polar surface area (TPSA) is 52.1 Å². The highest BCUT2D eigenvalue weighted by Crippen LogP contribution is 2.28. The number of ether oxygens (including phenoxy) is 1. The maximum absolute atomic E-state index is 11.8. The highest BCUT2D eigenvalue weighted by molar-refractivity contribution is 7.17. The molecule has 0 aliphatic carbocycles. The van der Waals surface area contributed by atoms with Crippen LogP contribution in [0.25, 0.3) is 10.6 Å². The predicted molar refractivity (Wildman–Crippen MR) is 75.4 cm³/mol. The van der Waals surface area contributed by atoms with Crippen LogP contribution in [0.4, 0.5) is 0 Å². The second-order valence-corrected chi connectivity index (χ2v) is 5.04.